The van der Waals surface area contributed by atoms with Gasteiger partial charge in [0.05, 0.1) is 12.2 Å². The third kappa shape index (κ3) is 4.71. The van der Waals surface area contributed by atoms with Crippen LogP contribution < -0.4 is 10.1 Å². The lowest BCUT2D eigenvalue weighted by Crippen LogP contribution is -2.35. The van der Waals surface area contributed by atoms with E-state index in [-0.39, 0.29) is 11.7 Å². The van der Waals surface area contributed by atoms with Crippen LogP contribution >= 0.6 is 11.3 Å². The summed E-state index contributed by atoms with van der Waals surface area (Å²) in [6.07, 6.45) is -0.681. The predicted octanol–water partition coefficient (Wildman–Crippen LogP) is 4.65. The zero-order chi connectivity index (χ0) is 19.4. The van der Waals surface area contributed by atoms with Gasteiger partial charge in [0.1, 0.15) is 16.6 Å². The van der Waals surface area contributed by atoms with E-state index >= 15 is 0 Å². The molecule has 140 valence electrons. The molecule has 0 aliphatic heterocycles. The number of hydrogen-bond acceptors (Lipinski definition) is 4. The minimum Gasteiger partial charge on any atom is -0.481 e. The Balaban J connectivity index is 1.62. The lowest BCUT2D eigenvalue weighted by Gasteiger charge is -2.14. The van der Waals surface area contributed by atoms with Gasteiger partial charge in [0.2, 0.25) is 0 Å². The Bertz CT molecular complexity index is 938. The highest BCUT2D eigenvalue weighted by molar-refractivity contribution is 7.15. The van der Waals surface area contributed by atoms with Crippen molar-refractivity contribution in [2.24, 2.45) is 0 Å². The lowest BCUT2D eigenvalue weighted by atomic mass is 10.1. The average Bonchev–Trinajstić information content (AvgIpc) is 3.02. The molecule has 0 saturated carbocycles. The maximum absolute atomic E-state index is 12.9. The van der Waals surface area contributed by atoms with Crippen LogP contribution in [-0.4, -0.2) is 17.0 Å². The first-order valence-corrected chi connectivity index (χ1v) is 9.48. The summed E-state index contributed by atoms with van der Waals surface area (Å²) in [6.45, 7) is 6.06. The Morgan fingerprint density at radius 1 is 1.19 bits per heavy atom. The molecule has 1 N–H and O–H groups in total. The van der Waals surface area contributed by atoms with E-state index in [1.807, 2.05) is 19.1 Å². The predicted molar refractivity (Wildman–Crippen MR) is 105 cm³/mol. The van der Waals surface area contributed by atoms with Crippen LogP contribution in [0.25, 0.3) is 10.6 Å². The molecule has 1 amide bonds. The summed E-state index contributed by atoms with van der Waals surface area (Å²) in [7, 11) is 0. The Morgan fingerprint density at radius 2 is 1.89 bits per heavy atom. The van der Waals surface area contributed by atoms with Gasteiger partial charge in [-0.1, -0.05) is 24.3 Å². The van der Waals surface area contributed by atoms with Crippen molar-refractivity contribution < 1.29 is 13.9 Å². The molecule has 4 nitrogen and oxygen atoms in total. The average molecular weight is 384 g/mol. The van der Waals surface area contributed by atoms with Crippen molar-refractivity contribution in [2.45, 2.75) is 33.4 Å². The number of nitrogens with zero attached hydrogens (tertiary/aromatic N) is 1. The van der Waals surface area contributed by atoms with Gasteiger partial charge in [0.15, 0.2) is 6.10 Å². The van der Waals surface area contributed by atoms with Crippen LogP contribution in [-0.2, 0) is 11.3 Å². The van der Waals surface area contributed by atoms with Crippen LogP contribution in [0.3, 0.4) is 0 Å². The van der Waals surface area contributed by atoms with Gasteiger partial charge in [-0.25, -0.2) is 9.37 Å². The molecule has 1 unspecified atom stereocenters. The van der Waals surface area contributed by atoms with E-state index in [0.717, 1.165) is 21.1 Å². The number of nitrogens with one attached hydrogen (secondary N) is 1. The standard InChI is InChI=1S/C21H21FN2O2S/c1-13-6-4-5-7-18(13)21-24-14(2)19(27-21)12-23-20(25)15(3)26-17-10-8-16(22)9-11-17/h4-11,15H,12H2,1-3H3,(H,23,25). The molecule has 3 rings (SSSR count). The van der Waals surface area contributed by atoms with Crippen molar-refractivity contribution in [3.05, 3.63) is 70.5 Å². The van der Waals surface area contributed by atoms with E-state index in [9.17, 15) is 9.18 Å². The summed E-state index contributed by atoms with van der Waals surface area (Å²) in [6, 6.07) is 13.7. The van der Waals surface area contributed by atoms with Crippen molar-refractivity contribution in [3.63, 3.8) is 0 Å². The molecule has 0 fully saturated rings. The number of ether oxygens (including phenoxy) is 1. The molecule has 27 heavy (non-hydrogen) atoms. The second-order valence-corrected chi connectivity index (χ2v) is 7.36. The first-order valence-electron chi connectivity index (χ1n) is 8.66. The normalized spacial score (nSPS) is 11.9. The molecule has 1 aromatic heterocycles. The fraction of sp³-hybridized carbons (Fsp3) is 0.238. The van der Waals surface area contributed by atoms with Gasteiger partial charge in [0.25, 0.3) is 5.91 Å². The second-order valence-electron chi connectivity index (χ2n) is 6.27. The Morgan fingerprint density at radius 3 is 2.59 bits per heavy atom. The minimum atomic E-state index is -0.681. The lowest BCUT2D eigenvalue weighted by molar-refractivity contribution is -0.127. The molecule has 1 heterocycles. The van der Waals surface area contributed by atoms with Gasteiger partial charge in [-0.3, -0.25) is 4.79 Å². The molecule has 0 bridgehead atoms. The maximum atomic E-state index is 12.9. The number of carbonyl (C=O) groups is 1. The van der Waals surface area contributed by atoms with E-state index < -0.39 is 6.10 Å². The number of aryl methyl sites for hydroxylation is 2. The number of hydrogen-bond donors (Lipinski definition) is 1. The first kappa shape index (κ1) is 19.0. The fourth-order valence-corrected chi connectivity index (χ4v) is 3.69. The molecular formula is C21H21FN2O2S. The van der Waals surface area contributed by atoms with Gasteiger partial charge in [-0.15, -0.1) is 11.3 Å². The number of benzene rings is 2. The minimum absolute atomic E-state index is 0.232. The van der Waals surface area contributed by atoms with Crippen LogP contribution in [0, 0.1) is 19.7 Å². The highest BCUT2D eigenvalue weighted by Gasteiger charge is 2.16. The third-order valence-electron chi connectivity index (χ3n) is 4.19. The van der Waals surface area contributed by atoms with E-state index in [1.165, 1.54) is 29.8 Å². The quantitative estimate of drug-likeness (QED) is 0.673. The first-order chi connectivity index (χ1) is 12.9. The number of halogens is 1. The van der Waals surface area contributed by atoms with Gasteiger partial charge in [-0.05, 0) is 50.6 Å². The molecule has 6 heteroatoms. The summed E-state index contributed by atoms with van der Waals surface area (Å²) >= 11 is 1.58. The number of aromatic nitrogens is 1. The van der Waals surface area contributed by atoms with Crippen LogP contribution in [0.5, 0.6) is 5.75 Å². The van der Waals surface area contributed by atoms with Crippen molar-refractivity contribution >= 4 is 17.2 Å². The fourth-order valence-electron chi connectivity index (χ4n) is 2.60. The highest BCUT2D eigenvalue weighted by atomic mass is 32.1. The van der Waals surface area contributed by atoms with Crippen molar-refractivity contribution in [3.8, 4) is 16.3 Å². The van der Waals surface area contributed by atoms with Crippen molar-refractivity contribution in [1.29, 1.82) is 0 Å². The smallest absolute Gasteiger partial charge is 0.261 e. The van der Waals surface area contributed by atoms with E-state index in [2.05, 4.69) is 29.4 Å². The Kier molecular flexibility index (Phi) is 5.86. The van der Waals surface area contributed by atoms with Crippen LogP contribution in [0.15, 0.2) is 48.5 Å². The maximum Gasteiger partial charge on any atom is 0.261 e. The van der Waals surface area contributed by atoms with E-state index in [0.29, 0.717) is 12.3 Å². The molecule has 1 atom stereocenters. The molecule has 0 spiro atoms. The molecule has 0 radical (unpaired) electrons. The van der Waals surface area contributed by atoms with Crippen molar-refractivity contribution in [1.82, 2.24) is 10.3 Å². The number of carbonyl (C=O) groups excluding carboxylic acids is 1. The van der Waals surface area contributed by atoms with Crippen LogP contribution in [0.4, 0.5) is 4.39 Å². The van der Waals surface area contributed by atoms with Gasteiger partial charge in [0, 0.05) is 10.4 Å². The molecular weight excluding hydrogens is 363 g/mol. The summed E-state index contributed by atoms with van der Waals surface area (Å²) in [4.78, 5) is 18.0. The zero-order valence-corrected chi connectivity index (χ0v) is 16.3. The number of amides is 1. The monoisotopic (exact) mass is 384 g/mol. The summed E-state index contributed by atoms with van der Waals surface area (Å²) in [5, 5.41) is 3.83. The molecule has 0 saturated heterocycles. The number of thiazole rings is 1. The zero-order valence-electron chi connectivity index (χ0n) is 15.5. The number of rotatable bonds is 6. The molecule has 2 aromatic carbocycles. The van der Waals surface area contributed by atoms with Gasteiger partial charge < -0.3 is 10.1 Å². The Labute approximate surface area is 162 Å². The van der Waals surface area contributed by atoms with Crippen LogP contribution in [0.2, 0.25) is 0 Å². The second kappa shape index (κ2) is 8.31. The molecule has 3 aromatic rings. The summed E-state index contributed by atoms with van der Waals surface area (Å²) < 4.78 is 18.5. The Hall–Kier alpha value is -2.73. The van der Waals surface area contributed by atoms with Gasteiger partial charge in [-0.2, -0.15) is 0 Å². The van der Waals surface area contributed by atoms with Crippen LogP contribution in [0.1, 0.15) is 23.1 Å². The topological polar surface area (TPSA) is 51.2 Å². The largest absolute Gasteiger partial charge is 0.481 e. The third-order valence-corrected chi connectivity index (χ3v) is 5.38. The molecule has 0 aliphatic carbocycles. The summed E-state index contributed by atoms with van der Waals surface area (Å²) in [5.74, 6) is -0.121. The SMILES string of the molecule is Cc1ccccc1-c1nc(C)c(CNC(=O)C(C)Oc2ccc(F)cc2)s1. The van der Waals surface area contributed by atoms with E-state index in [1.54, 1.807) is 18.3 Å². The van der Waals surface area contributed by atoms with Crippen molar-refractivity contribution in [2.75, 3.05) is 0 Å². The summed E-state index contributed by atoms with van der Waals surface area (Å²) in [5.41, 5.74) is 3.19. The van der Waals surface area contributed by atoms with E-state index in [4.69, 9.17) is 4.74 Å². The molecule has 0 aliphatic rings. The van der Waals surface area contributed by atoms with Gasteiger partial charge >= 0.3 is 0 Å². The highest BCUT2D eigenvalue weighted by Crippen LogP contribution is 2.30.